The van der Waals surface area contributed by atoms with Gasteiger partial charge in [-0.25, -0.2) is 0 Å². The maximum Gasteiger partial charge on any atom is 0.228 e. The summed E-state index contributed by atoms with van der Waals surface area (Å²) in [6, 6.07) is 11.1. The van der Waals surface area contributed by atoms with Crippen LogP contribution in [-0.2, 0) is 17.6 Å². The Morgan fingerprint density at radius 1 is 1.26 bits per heavy atom. The lowest BCUT2D eigenvalue weighted by molar-refractivity contribution is -0.120. The van der Waals surface area contributed by atoms with E-state index >= 15 is 0 Å². The number of thiophene rings is 1. The number of amides is 1. The number of carbonyl (C=O) groups is 1. The molecule has 3 rings (SSSR count). The molecule has 2 heterocycles. The molecule has 0 aliphatic rings. The van der Waals surface area contributed by atoms with Crippen LogP contribution in [0.5, 0.6) is 0 Å². The first-order valence-electron chi connectivity index (χ1n) is 7.08. The van der Waals surface area contributed by atoms with Gasteiger partial charge in [0.05, 0.1) is 6.42 Å². The van der Waals surface area contributed by atoms with Crippen molar-refractivity contribution in [2.24, 2.45) is 0 Å². The van der Waals surface area contributed by atoms with Gasteiger partial charge in [0.2, 0.25) is 17.6 Å². The van der Waals surface area contributed by atoms with Crippen LogP contribution in [0.2, 0.25) is 5.02 Å². The highest BCUT2D eigenvalue weighted by Gasteiger charge is 2.09. The first-order valence-corrected chi connectivity index (χ1v) is 8.34. The van der Waals surface area contributed by atoms with Crippen molar-refractivity contribution in [2.45, 2.75) is 12.8 Å². The maximum absolute atomic E-state index is 11.8. The molecule has 0 radical (unpaired) electrons. The molecule has 3 aromatic rings. The zero-order valence-corrected chi connectivity index (χ0v) is 13.7. The quantitative estimate of drug-likeness (QED) is 0.742. The van der Waals surface area contributed by atoms with Gasteiger partial charge in [-0.2, -0.15) is 4.98 Å². The zero-order valence-electron chi connectivity index (χ0n) is 12.2. The highest BCUT2D eigenvalue weighted by molar-refractivity contribution is 7.10. The number of benzene rings is 1. The van der Waals surface area contributed by atoms with E-state index in [9.17, 15) is 4.79 Å². The van der Waals surface area contributed by atoms with Crippen LogP contribution in [0.25, 0.3) is 11.4 Å². The fourth-order valence-electron chi connectivity index (χ4n) is 2.02. The van der Waals surface area contributed by atoms with E-state index in [-0.39, 0.29) is 5.91 Å². The molecule has 1 aromatic carbocycles. The molecular formula is C16H14ClN3O2S. The van der Waals surface area contributed by atoms with Crippen LogP contribution in [0.15, 0.2) is 46.3 Å². The second kappa shape index (κ2) is 7.39. The molecule has 0 saturated heterocycles. The predicted molar refractivity (Wildman–Crippen MR) is 89.5 cm³/mol. The third-order valence-electron chi connectivity index (χ3n) is 3.15. The molecule has 0 aliphatic heterocycles. The average molecular weight is 348 g/mol. The molecule has 7 heteroatoms. The number of hydrogen-bond acceptors (Lipinski definition) is 5. The molecule has 0 aliphatic carbocycles. The Labute approximate surface area is 142 Å². The minimum atomic E-state index is -0.00936. The molecular weight excluding hydrogens is 334 g/mol. The Kier molecular flexibility index (Phi) is 5.05. The van der Waals surface area contributed by atoms with E-state index in [1.165, 1.54) is 0 Å². The molecule has 1 amide bonds. The van der Waals surface area contributed by atoms with Gasteiger partial charge in [0.25, 0.3) is 0 Å². The van der Waals surface area contributed by atoms with Crippen molar-refractivity contribution in [3.05, 3.63) is 57.6 Å². The molecule has 0 spiro atoms. The Hall–Kier alpha value is -2.18. The van der Waals surface area contributed by atoms with Gasteiger partial charge in [-0.05, 0) is 35.7 Å². The van der Waals surface area contributed by atoms with E-state index < -0.39 is 0 Å². The maximum atomic E-state index is 11.8. The molecule has 2 aromatic heterocycles. The van der Waals surface area contributed by atoms with Crippen molar-refractivity contribution in [3.63, 3.8) is 0 Å². The minimum Gasteiger partial charge on any atom is -0.355 e. The second-order valence-electron chi connectivity index (χ2n) is 4.87. The Balaban J connectivity index is 1.49. The Morgan fingerprint density at radius 2 is 2.09 bits per heavy atom. The normalized spacial score (nSPS) is 10.7. The third-order valence-corrected chi connectivity index (χ3v) is 4.27. The van der Waals surface area contributed by atoms with Crippen LogP contribution in [0.1, 0.15) is 10.8 Å². The largest absolute Gasteiger partial charge is 0.355 e. The standard InChI is InChI=1S/C16H14ClN3O2S/c17-12-5-3-11(4-6-12)16-19-15(22-20-16)7-8-18-14(21)10-13-2-1-9-23-13/h1-6,9H,7-8,10H2,(H,18,21). The molecule has 5 nitrogen and oxygen atoms in total. The number of carbonyl (C=O) groups excluding carboxylic acids is 1. The first kappa shape index (κ1) is 15.7. The van der Waals surface area contributed by atoms with Crippen LogP contribution in [-0.4, -0.2) is 22.6 Å². The molecule has 1 N–H and O–H groups in total. The van der Waals surface area contributed by atoms with Crippen LogP contribution in [0.3, 0.4) is 0 Å². The number of hydrogen-bond donors (Lipinski definition) is 1. The van der Waals surface area contributed by atoms with Crippen molar-refractivity contribution < 1.29 is 9.32 Å². The van der Waals surface area contributed by atoms with E-state index in [2.05, 4.69) is 15.5 Å². The summed E-state index contributed by atoms with van der Waals surface area (Å²) < 4.78 is 5.19. The number of nitrogens with one attached hydrogen (secondary N) is 1. The van der Waals surface area contributed by atoms with Gasteiger partial charge in [-0.1, -0.05) is 22.8 Å². The van der Waals surface area contributed by atoms with Gasteiger partial charge >= 0.3 is 0 Å². The third kappa shape index (κ3) is 4.40. The summed E-state index contributed by atoms with van der Waals surface area (Å²) in [4.78, 5) is 17.1. The van der Waals surface area contributed by atoms with Crippen molar-refractivity contribution >= 4 is 28.8 Å². The van der Waals surface area contributed by atoms with Gasteiger partial charge in [-0.15, -0.1) is 11.3 Å². The smallest absolute Gasteiger partial charge is 0.228 e. The molecule has 0 saturated carbocycles. The van der Waals surface area contributed by atoms with Gasteiger partial charge in [0.15, 0.2) is 0 Å². The summed E-state index contributed by atoms with van der Waals surface area (Å²) in [6.45, 7) is 0.465. The lowest BCUT2D eigenvalue weighted by Crippen LogP contribution is -2.27. The molecule has 0 unspecified atom stereocenters. The van der Waals surface area contributed by atoms with Crippen LogP contribution >= 0.6 is 22.9 Å². The summed E-state index contributed by atoms with van der Waals surface area (Å²) in [6.07, 6.45) is 0.897. The van der Waals surface area contributed by atoms with Gasteiger partial charge in [0, 0.05) is 28.4 Å². The van der Waals surface area contributed by atoms with E-state index in [1.807, 2.05) is 29.6 Å². The highest BCUT2D eigenvalue weighted by atomic mass is 35.5. The van der Waals surface area contributed by atoms with Crippen LogP contribution < -0.4 is 5.32 Å². The number of rotatable bonds is 6. The fourth-order valence-corrected chi connectivity index (χ4v) is 2.84. The van der Waals surface area contributed by atoms with E-state index in [1.54, 1.807) is 23.5 Å². The molecule has 0 atom stereocenters. The molecule has 23 heavy (non-hydrogen) atoms. The van der Waals surface area contributed by atoms with Crippen LogP contribution in [0, 0.1) is 0 Å². The van der Waals surface area contributed by atoms with E-state index in [0.29, 0.717) is 36.1 Å². The summed E-state index contributed by atoms with van der Waals surface area (Å²) in [5.41, 5.74) is 0.839. The number of halogens is 1. The lowest BCUT2D eigenvalue weighted by atomic mass is 10.2. The zero-order chi connectivity index (χ0) is 16.1. The van der Waals surface area contributed by atoms with E-state index in [0.717, 1.165) is 10.4 Å². The van der Waals surface area contributed by atoms with E-state index in [4.69, 9.17) is 16.1 Å². The number of nitrogens with zero attached hydrogens (tertiary/aromatic N) is 2. The monoisotopic (exact) mass is 347 g/mol. The van der Waals surface area contributed by atoms with Crippen molar-refractivity contribution in [3.8, 4) is 11.4 Å². The molecule has 0 fully saturated rings. The van der Waals surface area contributed by atoms with Gasteiger partial charge in [-0.3, -0.25) is 4.79 Å². The van der Waals surface area contributed by atoms with Gasteiger partial charge in [0.1, 0.15) is 0 Å². The highest BCUT2D eigenvalue weighted by Crippen LogP contribution is 2.18. The van der Waals surface area contributed by atoms with Crippen LogP contribution in [0.4, 0.5) is 0 Å². The average Bonchev–Trinajstić information content (AvgIpc) is 3.20. The van der Waals surface area contributed by atoms with Crippen molar-refractivity contribution in [1.29, 1.82) is 0 Å². The summed E-state index contributed by atoms with van der Waals surface area (Å²) in [5, 5.41) is 9.40. The first-order chi connectivity index (χ1) is 11.2. The lowest BCUT2D eigenvalue weighted by Gasteiger charge is -2.01. The number of aromatic nitrogens is 2. The molecule has 118 valence electrons. The topological polar surface area (TPSA) is 68.0 Å². The van der Waals surface area contributed by atoms with Crippen molar-refractivity contribution in [1.82, 2.24) is 15.5 Å². The SMILES string of the molecule is O=C(Cc1cccs1)NCCc1nc(-c2ccc(Cl)cc2)no1. The summed E-state index contributed by atoms with van der Waals surface area (Å²) in [5.74, 6) is 0.998. The Bertz CT molecular complexity index is 769. The Morgan fingerprint density at radius 3 is 2.83 bits per heavy atom. The predicted octanol–water partition coefficient (Wildman–Crippen LogP) is 3.35. The van der Waals surface area contributed by atoms with Gasteiger partial charge < -0.3 is 9.84 Å². The summed E-state index contributed by atoms with van der Waals surface area (Å²) >= 11 is 7.42. The second-order valence-corrected chi connectivity index (χ2v) is 6.34. The van der Waals surface area contributed by atoms with Crippen molar-refractivity contribution in [2.75, 3.05) is 6.54 Å². The molecule has 0 bridgehead atoms. The summed E-state index contributed by atoms with van der Waals surface area (Å²) in [7, 11) is 0. The minimum absolute atomic E-state index is 0.00936. The fraction of sp³-hybridized carbons (Fsp3) is 0.188.